The van der Waals surface area contributed by atoms with Crippen LogP contribution in [0.1, 0.15) is 19.8 Å². The molecule has 0 aliphatic heterocycles. The molecule has 0 bridgehead atoms. The van der Waals surface area contributed by atoms with Crippen LogP contribution in [0.4, 0.5) is 10.5 Å². The van der Waals surface area contributed by atoms with Crippen LogP contribution in [0.15, 0.2) is 42.7 Å². The number of aliphatic hydroxyl groups is 1. The van der Waals surface area contributed by atoms with E-state index in [1.807, 2.05) is 37.3 Å². The van der Waals surface area contributed by atoms with E-state index in [4.69, 9.17) is 0 Å². The van der Waals surface area contributed by atoms with E-state index in [2.05, 4.69) is 20.6 Å². The summed E-state index contributed by atoms with van der Waals surface area (Å²) in [6.07, 6.45) is 5.21. The quantitative estimate of drug-likeness (QED) is 0.791. The second kappa shape index (κ2) is 6.34. The van der Waals surface area contributed by atoms with Gasteiger partial charge in [0.1, 0.15) is 0 Å². The van der Waals surface area contributed by atoms with Crippen molar-refractivity contribution in [3.8, 4) is 11.4 Å². The number of urea groups is 1. The lowest BCUT2D eigenvalue weighted by atomic mass is 9.97. The predicted octanol–water partition coefficient (Wildman–Crippen LogP) is 2.43. The highest BCUT2D eigenvalue weighted by molar-refractivity contribution is 5.89. The number of nitrogens with one attached hydrogen (secondary N) is 2. The molecule has 120 valence electrons. The topological polar surface area (TPSA) is 87.1 Å². The average molecular weight is 312 g/mol. The third kappa shape index (κ3) is 3.65. The van der Waals surface area contributed by atoms with Crippen molar-refractivity contribution in [2.24, 2.45) is 5.92 Å². The molecular weight excluding hydrogens is 292 g/mol. The zero-order valence-electron chi connectivity index (χ0n) is 13.0. The van der Waals surface area contributed by atoms with E-state index in [-0.39, 0.29) is 12.6 Å². The second-order valence-electron chi connectivity index (χ2n) is 6.09. The third-order valence-electron chi connectivity index (χ3n) is 4.15. The van der Waals surface area contributed by atoms with E-state index in [9.17, 15) is 9.90 Å². The molecule has 6 heteroatoms. The van der Waals surface area contributed by atoms with Gasteiger partial charge < -0.3 is 15.7 Å². The molecule has 3 rings (SSSR count). The van der Waals surface area contributed by atoms with E-state index in [1.54, 1.807) is 12.4 Å². The first-order valence-electron chi connectivity index (χ1n) is 7.68. The maximum atomic E-state index is 12.1. The van der Waals surface area contributed by atoms with Gasteiger partial charge >= 0.3 is 6.03 Å². The number of carbonyl (C=O) groups excluding carboxylic acids is 1. The molecule has 1 aliphatic carbocycles. The zero-order chi connectivity index (χ0) is 16.3. The van der Waals surface area contributed by atoms with Gasteiger partial charge in [0.15, 0.2) is 5.82 Å². The summed E-state index contributed by atoms with van der Waals surface area (Å²) in [6, 6.07) is 9.28. The summed E-state index contributed by atoms with van der Waals surface area (Å²) in [4.78, 5) is 20.6. The molecule has 1 aromatic heterocycles. The van der Waals surface area contributed by atoms with Gasteiger partial charge in [-0.2, -0.15) is 0 Å². The van der Waals surface area contributed by atoms with Crippen LogP contribution in [-0.4, -0.2) is 33.3 Å². The van der Waals surface area contributed by atoms with Gasteiger partial charge in [-0.3, -0.25) is 0 Å². The highest BCUT2D eigenvalue weighted by atomic mass is 16.3. The van der Waals surface area contributed by atoms with Gasteiger partial charge in [-0.25, -0.2) is 14.8 Å². The van der Waals surface area contributed by atoms with Gasteiger partial charge in [0.25, 0.3) is 0 Å². The van der Waals surface area contributed by atoms with Crippen molar-refractivity contribution in [3.05, 3.63) is 42.7 Å². The third-order valence-corrected chi connectivity index (χ3v) is 4.15. The van der Waals surface area contributed by atoms with E-state index in [0.717, 1.165) is 18.4 Å². The molecule has 1 fully saturated rings. The van der Waals surface area contributed by atoms with Gasteiger partial charge in [-0.1, -0.05) is 30.3 Å². The molecule has 0 spiro atoms. The Balaban J connectivity index is 1.63. The van der Waals surface area contributed by atoms with Crippen molar-refractivity contribution in [1.29, 1.82) is 0 Å². The average Bonchev–Trinajstić information content (AvgIpc) is 3.41. The van der Waals surface area contributed by atoms with E-state index < -0.39 is 5.54 Å². The minimum absolute atomic E-state index is 0.0749. The number of anilines is 1. The summed E-state index contributed by atoms with van der Waals surface area (Å²) in [5, 5.41) is 15.1. The summed E-state index contributed by atoms with van der Waals surface area (Å²) >= 11 is 0. The monoisotopic (exact) mass is 312 g/mol. The Kier molecular flexibility index (Phi) is 4.25. The SMILES string of the molecule is CC(CO)(NC(=O)Nc1cnc(-c2ccccc2)nc1)C1CC1. The molecule has 3 N–H and O–H groups in total. The van der Waals surface area contributed by atoms with Crippen LogP contribution in [0.25, 0.3) is 11.4 Å². The van der Waals surface area contributed by atoms with Crippen LogP contribution >= 0.6 is 0 Å². The Morgan fingerprint density at radius 3 is 2.48 bits per heavy atom. The Morgan fingerprint density at radius 1 is 1.26 bits per heavy atom. The fraction of sp³-hybridized carbons (Fsp3) is 0.353. The van der Waals surface area contributed by atoms with Crippen LogP contribution in [0.2, 0.25) is 0 Å². The van der Waals surface area contributed by atoms with Crippen LogP contribution < -0.4 is 10.6 Å². The Hall–Kier alpha value is -2.47. The lowest BCUT2D eigenvalue weighted by Gasteiger charge is -2.28. The van der Waals surface area contributed by atoms with Crippen molar-refractivity contribution < 1.29 is 9.90 Å². The number of rotatable bonds is 5. The van der Waals surface area contributed by atoms with Crippen molar-refractivity contribution in [2.75, 3.05) is 11.9 Å². The number of aliphatic hydroxyl groups excluding tert-OH is 1. The van der Waals surface area contributed by atoms with Crippen molar-refractivity contribution >= 4 is 11.7 Å². The molecule has 6 nitrogen and oxygen atoms in total. The molecule has 1 heterocycles. The largest absolute Gasteiger partial charge is 0.394 e. The van der Waals surface area contributed by atoms with E-state index in [0.29, 0.717) is 17.4 Å². The Bertz CT molecular complexity index is 671. The summed E-state index contributed by atoms with van der Waals surface area (Å²) in [7, 11) is 0. The van der Waals surface area contributed by atoms with Gasteiger partial charge in [-0.05, 0) is 25.7 Å². The number of amides is 2. The first kappa shape index (κ1) is 15.4. The highest BCUT2D eigenvalue weighted by Crippen LogP contribution is 2.39. The Morgan fingerprint density at radius 2 is 1.91 bits per heavy atom. The smallest absolute Gasteiger partial charge is 0.319 e. The number of hydrogen-bond acceptors (Lipinski definition) is 4. The Labute approximate surface area is 135 Å². The van der Waals surface area contributed by atoms with Crippen molar-refractivity contribution in [3.63, 3.8) is 0 Å². The molecule has 1 atom stereocenters. The van der Waals surface area contributed by atoms with Crippen LogP contribution in [0.3, 0.4) is 0 Å². The molecule has 2 aromatic rings. The number of hydrogen-bond donors (Lipinski definition) is 3. The lowest BCUT2D eigenvalue weighted by molar-refractivity contribution is 0.159. The predicted molar refractivity (Wildman–Crippen MR) is 87.8 cm³/mol. The van der Waals surface area contributed by atoms with Gasteiger partial charge in [-0.15, -0.1) is 0 Å². The summed E-state index contributed by atoms with van der Waals surface area (Å²) in [5.41, 5.74) is 0.859. The maximum absolute atomic E-state index is 12.1. The summed E-state index contributed by atoms with van der Waals surface area (Å²) in [6.45, 7) is 1.79. The number of benzene rings is 1. The molecule has 0 saturated heterocycles. The van der Waals surface area contributed by atoms with Crippen molar-refractivity contribution in [2.45, 2.75) is 25.3 Å². The van der Waals surface area contributed by atoms with E-state index >= 15 is 0 Å². The number of carbonyl (C=O) groups is 1. The first-order valence-corrected chi connectivity index (χ1v) is 7.68. The minimum atomic E-state index is -0.574. The fourth-order valence-corrected chi connectivity index (χ4v) is 2.54. The molecule has 1 aliphatic rings. The lowest BCUT2D eigenvalue weighted by Crippen LogP contribution is -2.52. The standard InChI is InChI=1S/C17H20N4O2/c1-17(11-22,13-7-8-13)21-16(23)20-14-9-18-15(19-10-14)12-5-3-2-4-6-12/h2-6,9-10,13,22H,7-8,11H2,1H3,(H2,20,21,23). The van der Waals surface area contributed by atoms with Gasteiger partial charge in [0.2, 0.25) is 0 Å². The number of aromatic nitrogens is 2. The van der Waals surface area contributed by atoms with Crippen LogP contribution in [0, 0.1) is 5.92 Å². The highest BCUT2D eigenvalue weighted by Gasteiger charge is 2.42. The normalized spacial score (nSPS) is 16.4. The van der Waals surface area contributed by atoms with Crippen LogP contribution in [-0.2, 0) is 0 Å². The molecule has 1 aromatic carbocycles. The molecule has 2 amide bonds. The van der Waals surface area contributed by atoms with Gasteiger partial charge in [0, 0.05) is 5.56 Å². The minimum Gasteiger partial charge on any atom is -0.394 e. The second-order valence-corrected chi connectivity index (χ2v) is 6.09. The van der Waals surface area contributed by atoms with Crippen LogP contribution in [0.5, 0.6) is 0 Å². The molecule has 23 heavy (non-hydrogen) atoms. The fourth-order valence-electron chi connectivity index (χ4n) is 2.54. The molecule has 0 radical (unpaired) electrons. The number of nitrogens with zero attached hydrogens (tertiary/aromatic N) is 2. The van der Waals surface area contributed by atoms with E-state index in [1.165, 1.54) is 0 Å². The molecule has 1 unspecified atom stereocenters. The molecule has 1 saturated carbocycles. The summed E-state index contributed by atoms with van der Waals surface area (Å²) < 4.78 is 0. The maximum Gasteiger partial charge on any atom is 0.319 e. The first-order chi connectivity index (χ1) is 11.1. The zero-order valence-corrected chi connectivity index (χ0v) is 13.0. The van der Waals surface area contributed by atoms with Crippen molar-refractivity contribution in [1.82, 2.24) is 15.3 Å². The molecular formula is C17H20N4O2. The summed E-state index contributed by atoms with van der Waals surface area (Å²) in [5.74, 6) is 0.949. The van der Waals surface area contributed by atoms with Gasteiger partial charge in [0.05, 0.1) is 30.2 Å².